The molecule has 0 fully saturated rings. The predicted molar refractivity (Wildman–Crippen MR) is 146 cm³/mol. The first kappa shape index (κ1) is 25.3. The minimum Gasteiger partial charge on any atom is -0.508 e. The zero-order chi connectivity index (χ0) is 24.5. The van der Waals surface area contributed by atoms with Crippen molar-refractivity contribution in [3.63, 3.8) is 0 Å². The number of hydrogen-bond donors (Lipinski definition) is 2. The van der Waals surface area contributed by atoms with Gasteiger partial charge in [-0.2, -0.15) is 0 Å². The molecule has 3 rings (SSSR count). The van der Waals surface area contributed by atoms with Gasteiger partial charge in [0.15, 0.2) is 0 Å². The van der Waals surface area contributed by atoms with Crippen LogP contribution in [0.5, 0.6) is 5.75 Å². The summed E-state index contributed by atoms with van der Waals surface area (Å²) in [6.07, 6.45) is 8.78. The van der Waals surface area contributed by atoms with Crippen molar-refractivity contribution in [2.75, 3.05) is 11.9 Å². The summed E-state index contributed by atoms with van der Waals surface area (Å²) < 4.78 is 6.54. The summed E-state index contributed by atoms with van der Waals surface area (Å²) in [5.74, 6) is 0.923. The van der Waals surface area contributed by atoms with E-state index < -0.39 is 0 Å². The quantitative estimate of drug-likeness (QED) is 0.212. The Morgan fingerprint density at radius 1 is 1.06 bits per heavy atom. The number of ether oxygens (including phenoxy) is 1. The van der Waals surface area contributed by atoms with Gasteiger partial charge in [0.25, 0.3) is 0 Å². The molecule has 1 aromatic heterocycles. The number of aromatic nitrogens is 1. The van der Waals surface area contributed by atoms with E-state index in [1.807, 2.05) is 31.3 Å². The lowest BCUT2D eigenvalue weighted by molar-refractivity contribution is 0.299. The number of allylic oxidation sites excluding steroid dienone is 4. The van der Waals surface area contributed by atoms with E-state index in [1.54, 1.807) is 18.3 Å². The van der Waals surface area contributed by atoms with Crippen LogP contribution in [-0.2, 0) is 17.7 Å². The summed E-state index contributed by atoms with van der Waals surface area (Å²) in [7, 11) is 0. The summed E-state index contributed by atoms with van der Waals surface area (Å²) >= 11 is 3.60. The molecule has 0 spiro atoms. The molecule has 4 nitrogen and oxygen atoms in total. The molecule has 0 saturated carbocycles. The highest BCUT2D eigenvalue weighted by atomic mass is 79.9. The fourth-order valence-electron chi connectivity index (χ4n) is 3.54. The fourth-order valence-corrected chi connectivity index (χ4v) is 3.90. The van der Waals surface area contributed by atoms with E-state index in [1.165, 1.54) is 5.57 Å². The van der Waals surface area contributed by atoms with E-state index >= 15 is 0 Å². The zero-order valence-corrected chi connectivity index (χ0v) is 21.5. The normalized spacial score (nSPS) is 11.9. The lowest BCUT2D eigenvalue weighted by Gasteiger charge is -2.13. The van der Waals surface area contributed by atoms with Gasteiger partial charge in [-0.1, -0.05) is 52.4 Å². The van der Waals surface area contributed by atoms with E-state index in [-0.39, 0.29) is 5.75 Å². The molecule has 0 aliphatic carbocycles. The second kappa shape index (κ2) is 12.2. The van der Waals surface area contributed by atoms with E-state index in [0.717, 1.165) is 44.4 Å². The van der Waals surface area contributed by atoms with E-state index in [2.05, 4.69) is 77.0 Å². The van der Waals surface area contributed by atoms with Crippen molar-refractivity contribution in [3.8, 4) is 5.75 Å². The van der Waals surface area contributed by atoms with E-state index in [4.69, 9.17) is 4.74 Å². The number of nitrogens with zero attached hydrogens (tertiary/aromatic N) is 1. The standard InChI is InChI=1S/C29H31BrN2O2/c1-5-34-22(4)25-15-24(17-31-19-25)14-20(2)6-7-21(3)28-16-26(30)10-13-29(28)32-18-23-8-11-27(33)12-9-23/h6-13,15-17,19,32-33H,4-5,14,18H2,1-3H3/b20-6-,21-7+. The summed E-state index contributed by atoms with van der Waals surface area (Å²) in [6.45, 7) is 11.4. The van der Waals surface area contributed by atoms with Crippen LogP contribution in [0, 0.1) is 0 Å². The molecule has 3 aromatic rings. The number of nitrogens with one attached hydrogen (secondary N) is 1. The lowest BCUT2D eigenvalue weighted by atomic mass is 10.0. The molecular formula is C29H31BrN2O2. The van der Waals surface area contributed by atoms with Crippen molar-refractivity contribution < 1.29 is 9.84 Å². The Morgan fingerprint density at radius 3 is 2.56 bits per heavy atom. The summed E-state index contributed by atoms with van der Waals surface area (Å²) in [5, 5.41) is 13.0. The van der Waals surface area contributed by atoms with Gasteiger partial charge in [0, 0.05) is 40.2 Å². The van der Waals surface area contributed by atoms with Crippen LogP contribution in [0.1, 0.15) is 43.0 Å². The second-order valence-electron chi connectivity index (χ2n) is 8.19. The monoisotopic (exact) mass is 518 g/mol. The van der Waals surface area contributed by atoms with Gasteiger partial charge in [-0.05, 0) is 80.3 Å². The highest BCUT2D eigenvalue weighted by Gasteiger charge is 2.06. The SMILES string of the molecule is C=C(OCC)c1cncc(C/C(C)=C\C=C(/C)c2cc(Br)ccc2NCc2ccc(O)cc2)c1. The fraction of sp³-hybridized carbons (Fsp3) is 0.207. The van der Waals surface area contributed by atoms with Crippen LogP contribution < -0.4 is 5.32 Å². The molecule has 2 N–H and O–H groups in total. The average Bonchev–Trinajstić information content (AvgIpc) is 2.83. The van der Waals surface area contributed by atoms with Gasteiger partial charge in [-0.3, -0.25) is 4.98 Å². The number of pyridine rings is 1. The van der Waals surface area contributed by atoms with Crippen molar-refractivity contribution in [2.24, 2.45) is 0 Å². The smallest absolute Gasteiger partial charge is 0.120 e. The number of benzene rings is 2. The molecule has 1 heterocycles. The van der Waals surface area contributed by atoms with Crippen molar-refractivity contribution in [2.45, 2.75) is 33.7 Å². The molecule has 0 saturated heterocycles. The van der Waals surface area contributed by atoms with Gasteiger partial charge in [-0.15, -0.1) is 0 Å². The number of rotatable bonds is 10. The van der Waals surface area contributed by atoms with E-state index in [0.29, 0.717) is 18.9 Å². The lowest BCUT2D eigenvalue weighted by Crippen LogP contribution is -2.02. The number of aromatic hydroxyl groups is 1. The van der Waals surface area contributed by atoms with E-state index in [9.17, 15) is 5.11 Å². The second-order valence-corrected chi connectivity index (χ2v) is 9.10. The first-order valence-corrected chi connectivity index (χ1v) is 12.1. The zero-order valence-electron chi connectivity index (χ0n) is 19.9. The van der Waals surface area contributed by atoms with Crippen LogP contribution in [0.3, 0.4) is 0 Å². The molecule has 0 unspecified atom stereocenters. The molecule has 0 aliphatic rings. The van der Waals surface area contributed by atoms with Gasteiger partial charge in [-0.25, -0.2) is 0 Å². The molecule has 0 aliphatic heterocycles. The van der Waals surface area contributed by atoms with Crippen LogP contribution in [0.2, 0.25) is 0 Å². The molecule has 0 atom stereocenters. The molecule has 34 heavy (non-hydrogen) atoms. The maximum absolute atomic E-state index is 9.49. The molecule has 0 bridgehead atoms. The Bertz CT molecular complexity index is 1200. The first-order valence-electron chi connectivity index (χ1n) is 11.3. The largest absolute Gasteiger partial charge is 0.508 e. The van der Waals surface area contributed by atoms with Gasteiger partial charge >= 0.3 is 0 Å². The highest BCUT2D eigenvalue weighted by molar-refractivity contribution is 9.10. The third kappa shape index (κ3) is 7.35. The molecule has 0 amide bonds. The van der Waals surface area contributed by atoms with Crippen LogP contribution in [0.15, 0.2) is 89.7 Å². The number of phenolic OH excluding ortho intramolecular Hbond substituents is 1. The molecular weight excluding hydrogens is 488 g/mol. The van der Waals surface area contributed by atoms with Crippen molar-refractivity contribution >= 4 is 32.9 Å². The maximum Gasteiger partial charge on any atom is 0.120 e. The minimum absolute atomic E-state index is 0.274. The van der Waals surface area contributed by atoms with Crippen LogP contribution in [0.4, 0.5) is 5.69 Å². The van der Waals surface area contributed by atoms with Gasteiger partial charge in [0.1, 0.15) is 11.5 Å². The Morgan fingerprint density at radius 2 is 1.82 bits per heavy atom. The number of halogens is 1. The van der Waals surface area contributed by atoms with Crippen molar-refractivity contribution in [1.82, 2.24) is 4.98 Å². The van der Waals surface area contributed by atoms with Gasteiger partial charge < -0.3 is 15.2 Å². The Kier molecular flexibility index (Phi) is 9.11. The van der Waals surface area contributed by atoms with Crippen molar-refractivity contribution in [3.05, 3.63) is 112 Å². The van der Waals surface area contributed by atoms with Gasteiger partial charge in [0.05, 0.1) is 6.61 Å². The molecule has 176 valence electrons. The first-order chi connectivity index (χ1) is 16.4. The average molecular weight is 519 g/mol. The van der Waals surface area contributed by atoms with Crippen LogP contribution in [0.25, 0.3) is 11.3 Å². The van der Waals surface area contributed by atoms with Gasteiger partial charge in [0.2, 0.25) is 0 Å². The third-order valence-electron chi connectivity index (χ3n) is 5.36. The maximum atomic E-state index is 9.49. The molecule has 2 aromatic carbocycles. The predicted octanol–water partition coefficient (Wildman–Crippen LogP) is 7.76. The molecule has 5 heteroatoms. The summed E-state index contributed by atoms with van der Waals surface area (Å²) in [6, 6.07) is 15.6. The number of anilines is 1. The highest BCUT2D eigenvalue weighted by Crippen LogP contribution is 2.28. The van der Waals surface area contributed by atoms with Crippen LogP contribution in [-0.4, -0.2) is 16.7 Å². The van der Waals surface area contributed by atoms with Crippen molar-refractivity contribution in [1.29, 1.82) is 0 Å². The topological polar surface area (TPSA) is 54.4 Å². The Labute approximate surface area is 210 Å². The van der Waals surface area contributed by atoms with Crippen LogP contribution >= 0.6 is 15.9 Å². The Hall–Kier alpha value is -3.31. The molecule has 0 radical (unpaired) electrons. The summed E-state index contributed by atoms with van der Waals surface area (Å²) in [4.78, 5) is 4.34. The Balaban J connectivity index is 1.73. The summed E-state index contributed by atoms with van der Waals surface area (Å²) in [5.41, 5.74) is 7.72. The number of hydrogen-bond acceptors (Lipinski definition) is 4. The number of phenols is 1. The minimum atomic E-state index is 0.274. The third-order valence-corrected chi connectivity index (χ3v) is 5.86.